The minimum Gasteiger partial charge on any atom is -0.370 e. The number of benzene rings is 1. The van der Waals surface area contributed by atoms with Gasteiger partial charge in [-0.2, -0.15) is 0 Å². The number of halogens is 2. The predicted octanol–water partition coefficient (Wildman–Crippen LogP) is 1.46. The summed E-state index contributed by atoms with van der Waals surface area (Å²) < 4.78 is 14.0. The maximum Gasteiger partial charge on any atom is 0.251 e. The lowest BCUT2D eigenvalue weighted by molar-refractivity contribution is -0.140. The standard InChI is InChI=1S/C27H33BrFN7O4/c28-19-9-7-18(8-10-19)24(38)35-21(14-17-4-1-11-32-16-17)26(40)36-13-3-6-22(36)25(39)34-20(23(37)15-29)5-2-12-33-27(30)31/h1,4,7-11,16,20-22H,2-3,5-6,12-15H2,(H,34,39)(H,35,38)(H4,30,31,33)/t20?,21?,22-/m0/s1. The van der Waals surface area contributed by atoms with Gasteiger partial charge in [-0.1, -0.05) is 22.0 Å². The van der Waals surface area contributed by atoms with Crippen molar-refractivity contribution in [1.82, 2.24) is 25.8 Å². The summed E-state index contributed by atoms with van der Waals surface area (Å²) in [5.41, 5.74) is 6.35. The van der Waals surface area contributed by atoms with Crippen LogP contribution in [0.3, 0.4) is 0 Å². The second-order valence-corrected chi connectivity index (χ2v) is 10.3. The number of nitrogens with one attached hydrogen (secondary N) is 4. The molecule has 3 rings (SSSR count). The Morgan fingerprint density at radius 1 is 1.15 bits per heavy atom. The van der Waals surface area contributed by atoms with Crippen molar-refractivity contribution in [1.29, 1.82) is 5.41 Å². The van der Waals surface area contributed by atoms with E-state index in [1.54, 1.807) is 48.8 Å². The highest BCUT2D eigenvalue weighted by Gasteiger charge is 2.39. The van der Waals surface area contributed by atoms with Gasteiger partial charge in [-0.05, 0) is 61.6 Å². The summed E-state index contributed by atoms with van der Waals surface area (Å²) in [5.74, 6) is -2.45. The van der Waals surface area contributed by atoms with Gasteiger partial charge < -0.3 is 26.6 Å². The van der Waals surface area contributed by atoms with Crippen molar-refractivity contribution in [3.05, 3.63) is 64.4 Å². The Morgan fingerprint density at radius 2 is 1.90 bits per heavy atom. The second-order valence-electron chi connectivity index (χ2n) is 9.43. The number of pyridine rings is 1. The number of hydrogen-bond donors (Lipinski definition) is 5. The van der Waals surface area contributed by atoms with Crippen molar-refractivity contribution in [2.24, 2.45) is 5.73 Å². The van der Waals surface area contributed by atoms with Gasteiger partial charge in [0.25, 0.3) is 5.91 Å². The molecule has 0 bridgehead atoms. The molecule has 3 amide bonds. The quantitative estimate of drug-likeness (QED) is 0.129. The Balaban J connectivity index is 1.74. The first kappa shape index (κ1) is 30.7. The van der Waals surface area contributed by atoms with Crippen LogP contribution in [0.2, 0.25) is 0 Å². The van der Waals surface area contributed by atoms with Crippen LogP contribution in [-0.4, -0.2) is 77.2 Å². The fraction of sp³-hybridized carbons (Fsp3) is 0.407. The molecule has 3 atom stereocenters. The number of guanidine groups is 1. The van der Waals surface area contributed by atoms with Crippen LogP contribution in [0.15, 0.2) is 53.3 Å². The molecule has 1 aliphatic heterocycles. The highest BCUT2D eigenvalue weighted by Crippen LogP contribution is 2.21. The number of rotatable bonds is 13. The van der Waals surface area contributed by atoms with Gasteiger partial charge in [0, 0.05) is 41.9 Å². The lowest BCUT2D eigenvalue weighted by Gasteiger charge is -2.30. The minimum atomic E-state index is -1.24. The molecule has 40 heavy (non-hydrogen) atoms. The second kappa shape index (κ2) is 15.1. The maximum absolute atomic E-state index is 13.8. The van der Waals surface area contributed by atoms with Crippen molar-refractivity contribution in [3.8, 4) is 0 Å². The minimum absolute atomic E-state index is 0.141. The van der Waals surface area contributed by atoms with Crippen molar-refractivity contribution >= 4 is 45.4 Å². The zero-order valence-corrected chi connectivity index (χ0v) is 23.5. The van der Waals surface area contributed by atoms with E-state index >= 15 is 0 Å². The first-order valence-corrected chi connectivity index (χ1v) is 13.7. The van der Waals surface area contributed by atoms with Crippen LogP contribution in [0.4, 0.5) is 4.39 Å². The number of amides is 3. The number of nitrogens with two attached hydrogens (primary N) is 1. The normalized spacial score (nSPS) is 16.1. The number of aromatic nitrogens is 1. The maximum atomic E-state index is 13.8. The van der Waals surface area contributed by atoms with Gasteiger partial charge in [0.15, 0.2) is 11.7 Å². The van der Waals surface area contributed by atoms with Crippen LogP contribution in [0.1, 0.15) is 41.6 Å². The molecule has 1 aromatic carbocycles. The van der Waals surface area contributed by atoms with Gasteiger partial charge in [0.2, 0.25) is 11.8 Å². The SMILES string of the molecule is N=C(N)NCCCC(NC(=O)[C@@H]1CCCN1C(=O)C(Cc1cccnc1)NC(=O)c1ccc(Br)cc1)C(=O)CF. The molecule has 0 radical (unpaired) electrons. The highest BCUT2D eigenvalue weighted by atomic mass is 79.9. The summed E-state index contributed by atoms with van der Waals surface area (Å²) in [5, 5.41) is 15.2. The number of likely N-dealkylation sites (tertiary alicyclic amines) is 1. The van der Waals surface area contributed by atoms with E-state index in [2.05, 4.69) is 36.9 Å². The number of alkyl halides is 1. The number of carbonyl (C=O) groups is 4. The zero-order valence-electron chi connectivity index (χ0n) is 21.9. The fourth-order valence-electron chi connectivity index (χ4n) is 4.50. The first-order chi connectivity index (χ1) is 19.2. The van der Waals surface area contributed by atoms with E-state index < -0.39 is 48.3 Å². The molecule has 6 N–H and O–H groups in total. The van der Waals surface area contributed by atoms with Crippen molar-refractivity contribution in [2.45, 2.75) is 50.2 Å². The average Bonchev–Trinajstić information content (AvgIpc) is 3.44. The van der Waals surface area contributed by atoms with E-state index in [1.807, 2.05) is 0 Å². The summed E-state index contributed by atoms with van der Waals surface area (Å²) >= 11 is 3.34. The lowest BCUT2D eigenvalue weighted by Crippen LogP contribution is -2.56. The van der Waals surface area contributed by atoms with Crippen LogP contribution in [0, 0.1) is 5.41 Å². The molecular weight excluding hydrogens is 585 g/mol. The summed E-state index contributed by atoms with van der Waals surface area (Å²) in [6, 6.07) is 7.30. The monoisotopic (exact) mass is 617 g/mol. The molecule has 1 saturated heterocycles. The zero-order chi connectivity index (χ0) is 29.1. The molecule has 11 nitrogen and oxygen atoms in total. The molecule has 2 heterocycles. The third-order valence-corrected chi connectivity index (χ3v) is 7.06. The smallest absolute Gasteiger partial charge is 0.251 e. The largest absolute Gasteiger partial charge is 0.370 e. The van der Waals surface area contributed by atoms with Gasteiger partial charge in [-0.15, -0.1) is 0 Å². The number of carbonyl (C=O) groups excluding carboxylic acids is 4. The molecule has 2 aromatic rings. The van der Waals surface area contributed by atoms with Gasteiger partial charge >= 0.3 is 0 Å². The Labute approximate surface area is 240 Å². The number of hydrogen-bond acceptors (Lipinski definition) is 6. The molecule has 1 aliphatic rings. The van der Waals surface area contributed by atoms with Gasteiger partial charge in [0.05, 0.1) is 6.04 Å². The van der Waals surface area contributed by atoms with Crippen LogP contribution in [-0.2, 0) is 20.8 Å². The van der Waals surface area contributed by atoms with E-state index in [-0.39, 0.29) is 25.3 Å². The summed E-state index contributed by atoms with van der Waals surface area (Å²) in [6.45, 7) is -0.671. The van der Waals surface area contributed by atoms with Crippen molar-refractivity contribution < 1.29 is 23.6 Å². The topological polar surface area (TPSA) is 170 Å². The van der Waals surface area contributed by atoms with Crippen LogP contribution in [0.25, 0.3) is 0 Å². The third kappa shape index (κ3) is 8.83. The number of ketones is 1. The summed E-state index contributed by atoms with van der Waals surface area (Å²) in [4.78, 5) is 57.7. The third-order valence-electron chi connectivity index (χ3n) is 6.53. The molecule has 214 valence electrons. The van der Waals surface area contributed by atoms with E-state index in [9.17, 15) is 23.6 Å². The van der Waals surface area contributed by atoms with E-state index in [1.165, 1.54) is 4.90 Å². The predicted molar refractivity (Wildman–Crippen MR) is 150 cm³/mol. The van der Waals surface area contributed by atoms with E-state index in [4.69, 9.17) is 11.1 Å². The Kier molecular flexibility index (Phi) is 11.5. The Hall–Kier alpha value is -3.87. The molecule has 13 heteroatoms. The molecule has 2 unspecified atom stereocenters. The summed E-state index contributed by atoms with van der Waals surface area (Å²) in [7, 11) is 0. The lowest BCUT2D eigenvalue weighted by atomic mass is 10.0. The molecule has 0 saturated carbocycles. The van der Waals surface area contributed by atoms with E-state index in [0.717, 1.165) is 10.0 Å². The van der Waals surface area contributed by atoms with Gasteiger partial charge in [0.1, 0.15) is 18.8 Å². The van der Waals surface area contributed by atoms with Crippen molar-refractivity contribution in [3.63, 3.8) is 0 Å². The summed E-state index contributed by atoms with van der Waals surface area (Å²) in [6.07, 6.45) is 4.78. The number of nitrogens with zero attached hydrogens (tertiary/aromatic N) is 2. The van der Waals surface area contributed by atoms with Crippen LogP contribution in [0.5, 0.6) is 0 Å². The van der Waals surface area contributed by atoms with Gasteiger partial charge in [-0.3, -0.25) is 29.6 Å². The Bertz CT molecular complexity index is 1200. The Morgan fingerprint density at radius 3 is 2.55 bits per heavy atom. The fourth-order valence-corrected chi connectivity index (χ4v) is 4.77. The van der Waals surface area contributed by atoms with Crippen LogP contribution < -0.4 is 21.7 Å². The van der Waals surface area contributed by atoms with Crippen LogP contribution >= 0.6 is 15.9 Å². The highest BCUT2D eigenvalue weighted by molar-refractivity contribution is 9.10. The first-order valence-electron chi connectivity index (χ1n) is 12.9. The van der Waals surface area contributed by atoms with Crippen molar-refractivity contribution in [2.75, 3.05) is 19.8 Å². The van der Waals surface area contributed by atoms with Gasteiger partial charge in [-0.25, -0.2) is 4.39 Å². The van der Waals surface area contributed by atoms with E-state index in [0.29, 0.717) is 31.4 Å². The number of Topliss-reactive ketones (excluding diaryl/α,β-unsaturated/α-hetero) is 1. The molecule has 0 aliphatic carbocycles. The molecule has 1 fully saturated rings. The average molecular weight is 619 g/mol. The molecule has 0 spiro atoms. The molecular formula is C27H33BrFN7O4. The molecule has 1 aromatic heterocycles.